The van der Waals surface area contributed by atoms with Crippen molar-refractivity contribution >= 4 is 6.16 Å². The highest BCUT2D eigenvalue weighted by atomic mass is 16.7. The van der Waals surface area contributed by atoms with Crippen LogP contribution in [0.1, 0.15) is 20.8 Å². The quantitative estimate of drug-likeness (QED) is 0.466. The first-order valence-electron chi connectivity index (χ1n) is 3.61. The monoisotopic (exact) mass is 158 g/mol. The number of allylic oxidation sites excluding steroid dienone is 1. The van der Waals surface area contributed by atoms with E-state index in [4.69, 9.17) is 4.74 Å². The molecule has 0 amide bonds. The normalized spacial score (nSPS) is 10.5. The lowest BCUT2D eigenvalue weighted by Crippen LogP contribution is -2.12. The number of hydrogen-bond acceptors (Lipinski definition) is 3. The molecular formula is C8H14O3. The minimum Gasteiger partial charge on any atom is -0.432 e. The summed E-state index contributed by atoms with van der Waals surface area (Å²) in [5.41, 5.74) is 0. The fraction of sp³-hybridized carbons (Fsp3) is 0.625. The molecule has 0 saturated carbocycles. The van der Waals surface area contributed by atoms with Crippen LogP contribution in [0.5, 0.6) is 0 Å². The molecule has 0 aromatic carbocycles. The lowest BCUT2D eigenvalue weighted by Gasteiger charge is -2.06. The molecule has 3 heteroatoms. The summed E-state index contributed by atoms with van der Waals surface area (Å²) in [7, 11) is 0. The summed E-state index contributed by atoms with van der Waals surface area (Å²) >= 11 is 0. The largest absolute Gasteiger partial charge is 0.508 e. The van der Waals surface area contributed by atoms with Crippen LogP contribution in [0.4, 0.5) is 4.79 Å². The van der Waals surface area contributed by atoms with Gasteiger partial charge < -0.3 is 9.47 Å². The van der Waals surface area contributed by atoms with Crippen LogP contribution in [0, 0.1) is 0 Å². The van der Waals surface area contributed by atoms with Crippen LogP contribution in [0.2, 0.25) is 0 Å². The molecule has 0 radical (unpaired) electrons. The first kappa shape index (κ1) is 10.0. The Morgan fingerprint density at radius 3 is 2.64 bits per heavy atom. The first-order valence-corrected chi connectivity index (χ1v) is 3.61. The second kappa shape index (κ2) is 5.77. The highest BCUT2D eigenvalue weighted by Crippen LogP contribution is 1.92. The Labute approximate surface area is 67.0 Å². The molecular weight excluding hydrogens is 144 g/mol. The van der Waals surface area contributed by atoms with E-state index in [9.17, 15) is 4.79 Å². The molecule has 0 atom stereocenters. The molecule has 0 N–H and O–H groups in total. The van der Waals surface area contributed by atoms with Crippen molar-refractivity contribution in [2.24, 2.45) is 0 Å². The van der Waals surface area contributed by atoms with Crippen LogP contribution in [0.15, 0.2) is 12.2 Å². The van der Waals surface area contributed by atoms with Crippen molar-refractivity contribution in [1.29, 1.82) is 0 Å². The first-order chi connectivity index (χ1) is 5.16. The van der Waals surface area contributed by atoms with Gasteiger partial charge in [-0.25, -0.2) is 4.79 Å². The molecule has 0 unspecified atom stereocenters. The predicted octanol–water partition coefficient (Wildman–Crippen LogP) is 2.12. The molecule has 3 nitrogen and oxygen atoms in total. The van der Waals surface area contributed by atoms with E-state index < -0.39 is 6.16 Å². The van der Waals surface area contributed by atoms with Gasteiger partial charge in [-0.15, -0.1) is 0 Å². The molecule has 0 aromatic rings. The van der Waals surface area contributed by atoms with E-state index in [1.807, 2.05) is 13.0 Å². The van der Waals surface area contributed by atoms with Gasteiger partial charge in [-0.2, -0.15) is 0 Å². The third-order valence-corrected chi connectivity index (χ3v) is 0.865. The minimum atomic E-state index is -0.613. The Morgan fingerprint density at radius 1 is 1.55 bits per heavy atom. The van der Waals surface area contributed by atoms with Crippen molar-refractivity contribution in [3.05, 3.63) is 12.2 Å². The zero-order valence-electron chi connectivity index (χ0n) is 7.16. The molecule has 0 fully saturated rings. The highest BCUT2D eigenvalue weighted by molar-refractivity contribution is 5.60. The summed E-state index contributed by atoms with van der Waals surface area (Å²) in [5.74, 6) is 0. The Balaban J connectivity index is 3.37. The Kier molecular flexibility index (Phi) is 5.25. The van der Waals surface area contributed by atoms with E-state index in [0.717, 1.165) is 0 Å². The number of rotatable bonds is 3. The van der Waals surface area contributed by atoms with Crippen LogP contribution in [0.25, 0.3) is 0 Å². The number of carbonyl (C=O) groups excluding carboxylic acids is 1. The van der Waals surface area contributed by atoms with Gasteiger partial charge in [-0.1, -0.05) is 12.2 Å². The molecule has 0 aliphatic rings. The average Bonchev–Trinajstić information content (AvgIpc) is 1.86. The van der Waals surface area contributed by atoms with E-state index >= 15 is 0 Å². The van der Waals surface area contributed by atoms with Gasteiger partial charge in [-0.3, -0.25) is 0 Å². The maximum Gasteiger partial charge on any atom is 0.508 e. The van der Waals surface area contributed by atoms with Crippen molar-refractivity contribution in [3.8, 4) is 0 Å². The van der Waals surface area contributed by atoms with Gasteiger partial charge in [0, 0.05) is 0 Å². The fourth-order valence-electron chi connectivity index (χ4n) is 0.439. The smallest absolute Gasteiger partial charge is 0.432 e. The van der Waals surface area contributed by atoms with Gasteiger partial charge >= 0.3 is 6.16 Å². The van der Waals surface area contributed by atoms with Crippen molar-refractivity contribution < 1.29 is 14.3 Å². The molecule has 0 aliphatic carbocycles. The second-order valence-electron chi connectivity index (χ2n) is 2.30. The third-order valence-electron chi connectivity index (χ3n) is 0.865. The van der Waals surface area contributed by atoms with Crippen molar-refractivity contribution in [2.75, 3.05) is 6.61 Å². The predicted molar refractivity (Wildman–Crippen MR) is 42.4 cm³/mol. The third kappa shape index (κ3) is 6.90. The van der Waals surface area contributed by atoms with Crippen LogP contribution in [-0.2, 0) is 9.47 Å². The molecule has 64 valence electrons. The summed E-state index contributed by atoms with van der Waals surface area (Å²) in [6.45, 7) is 5.69. The highest BCUT2D eigenvalue weighted by Gasteiger charge is 2.03. The van der Waals surface area contributed by atoms with Crippen LogP contribution >= 0.6 is 0 Å². The van der Waals surface area contributed by atoms with Gasteiger partial charge in [-0.05, 0) is 20.8 Å². The fourth-order valence-corrected chi connectivity index (χ4v) is 0.439. The van der Waals surface area contributed by atoms with E-state index in [1.54, 1.807) is 19.9 Å². The summed E-state index contributed by atoms with van der Waals surface area (Å²) < 4.78 is 9.35. The maximum atomic E-state index is 10.6. The average molecular weight is 158 g/mol. The zero-order chi connectivity index (χ0) is 8.69. The summed E-state index contributed by atoms with van der Waals surface area (Å²) in [6.07, 6.45) is 2.82. The zero-order valence-corrected chi connectivity index (χ0v) is 7.16. The molecule has 0 saturated heterocycles. The lowest BCUT2D eigenvalue weighted by atomic mass is 10.5. The van der Waals surface area contributed by atoms with Crippen molar-refractivity contribution in [1.82, 2.24) is 0 Å². The maximum absolute atomic E-state index is 10.6. The van der Waals surface area contributed by atoms with E-state index in [0.29, 0.717) is 0 Å². The lowest BCUT2D eigenvalue weighted by molar-refractivity contribution is 0.0414. The molecule has 11 heavy (non-hydrogen) atoms. The summed E-state index contributed by atoms with van der Waals surface area (Å²) in [5, 5.41) is 0. The van der Waals surface area contributed by atoms with Crippen molar-refractivity contribution in [3.63, 3.8) is 0 Å². The molecule has 0 spiro atoms. The molecule has 0 bridgehead atoms. The van der Waals surface area contributed by atoms with E-state index in [-0.39, 0.29) is 12.7 Å². The number of hydrogen-bond donors (Lipinski definition) is 0. The van der Waals surface area contributed by atoms with E-state index in [2.05, 4.69) is 4.74 Å². The number of ether oxygens (including phenoxy) is 2. The van der Waals surface area contributed by atoms with Crippen LogP contribution in [-0.4, -0.2) is 18.9 Å². The Morgan fingerprint density at radius 2 is 2.18 bits per heavy atom. The summed E-state index contributed by atoms with van der Waals surface area (Å²) in [4.78, 5) is 10.6. The second-order valence-corrected chi connectivity index (χ2v) is 2.30. The van der Waals surface area contributed by atoms with Gasteiger partial charge in [0.25, 0.3) is 0 Å². The Bertz CT molecular complexity index is 138. The SMILES string of the molecule is C/C=C/COC(=O)OC(C)C. The molecule has 0 aliphatic heterocycles. The van der Waals surface area contributed by atoms with Crippen LogP contribution < -0.4 is 0 Å². The van der Waals surface area contributed by atoms with Gasteiger partial charge in [0.15, 0.2) is 0 Å². The Hall–Kier alpha value is -0.990. The number of carbonyl (C=O) groups is 1. The topological polar surface area (TPSA) is 35.5 Å². The van der Waals surface area contributed by atoms with Crippen molar-refractivity contribution in [2.45, 2.75) is 26.9 Å². The molecule has 0 rings (SSSR count). The van der Waals surface area contributed by atoms with Gasteiger partial charge in [0.2, 0.25) is 0 Å². The summed E-state index contributed by atoms with van der Waals surface area (Å²) in [6, 6.07) is 0. The van der Waals surface area contributed by atoms with E-state index in [1.165, 1.54) is 0 Å². The van der Waals surface area contributed by atoms with Crippen LogP contribution in [0.3, 0.4) is 0 Å². The standard InChI is InChI=1S/C8H14O3/c1-4-5-6-10-8(9)11-7(2)3/h4-5,7H,6H2,1-3H3/b5-4+. The molecule has 0 aromatic heterocycles. The van der Waals surface area contributed by atoms with Gasteiger partial charge in [0.05, 0.1) is 6.10 Å². The minimum absolute atomic E-state index is 0.117. The van der Waals surface area contributed by atoms with Gasteiger partial charge in [0.1, 0.15) is 6.61 Å². The molecule has 0 heterocycles.